The summed E-state index contributed by atoms with van der Waals surface area (Å²) in [6, 6.07) is 16.5. The van der Waals surface area contributed by atoms with Crippen molar-refractivity contribution in [2.45, 2.75) is 32.2 Å². The van der Waals surface area contributed by atoms with Crippen molar-refractivity contribution in [1.82, 2.24) is 4.90 Å². The number of hydrogen-bond acceptors (Lipinski definition) is 7. The van der Waals surface area contributed by atoms with Gasteiger partial charge in [-0.05, 0) is 55.8 Å². The molecule has 8 nitrogen and oxygen atoms in total. The summed E-state index contributed by atoms with van der Waals surface area (Å²) >= 11 is 6.29. The number of nitrogens with zero attached hydrogens (tertiary/aromatic N) is 1. The summed E-state index contributed by atoms with van der Waals surface area (Å²) in [5.41, 5.74) is 1.42. The first-order valence-corrected chi connectivity index (χ1v) is 13.6. The molecule has 3 aromatic carbocycles. The SMILES string of the molecule is COc1cc2c(cc1CN1CCCCCCOc3ccccc3Oc3ccc(Cl)cc3NC(=O)C1)OCCO2. The van der Waals surface area contributed by atoms with E-state index in [-0.39, 0.29) is 12.5 Å². The van der Waals surface area contributed by atoms with Crippen LogP contribution in [0.4, 0.5) is 5.69 Å². The van der Waals surface area contributed by atoms with Crippen molar-refractivity contribution in [1.29, 1.82) is 0 Å². The van der Waals surface area contributed by atoms with Crippen LogP contribution in [0.5, 0.6) is 34.5 Å². The van der Waals surface area contributed by atoms with Gasteiger partial charge in [-0.2, -0.15) is 0 Å². The smallest absolute Gasteiger partial charge is 0.238 e. The zero-order valence-corrected chi connectivity index (χ0v) is 22.8. The molecule has 0 unspecified atom stereocenters. The minimum absolute atomic E-state index is 0.171. The highest BCUT2D eigenvalue weighted by Crippen LogP contribution is 2.38. The number of rotatable bonds is 3. The Labute approximate surface area is 233 Å². The molecule has 1 amide bonds. The van der Waals surface area contributed by atoms with Gasteiger partial charge in [-0.3, -0.25) is 9.69 Å². The monoisotopic (exact) mass is 552 g/mol. The molecule has 2 aliphatic heterocycles. The number of hydrogen-bond donors (Lipinski definition) is 1. The maximum Gasteiger partial charge on any atom is 0.238 e. The summed E-state index contributed by atoms with van der Waals surface area (Å²) in [4.78, 5) is 15.4. The first kappa shape index (κ1) is 27.0. The Kier molecular flexibility index (Phi) is 8.96. The Hall–Kier alpha value is -3.62. The molecule has 0 fully saturated rings. The molecule has 2 aliphatic rings. The molecule has 0 aromatic heterocycles. The summed E-state index contributed by atoms with van der Waals surface area (Å²) in [7, 11) is 1.64. The molecular formula is C30H33ClN2O6. The maximum atomic E-state index is 13.3. The highest BCUT2D eigenvalue weighted by molar-refractivity contribution is 6.31. The number of anilines is 1. The van der Waals surface area contributed by atoms with Gasteiger partial charge in [0.05, 0.1) is 25.9 Å². The summed E-state index contributed by atoms with van der Waals surface area (Å²) in [6.07, 6.45) is 3.92. The van der Waals surface area contributed by atoms with Gasteiger partial charge >= 0.3 is 0 Å². The van der Waals surface area contributed by atoms with Gasteiger partial charge in [0.25, 0.3) is 0 Å². The van der Waals surface area contributed by atoms with E-state index in [0.29, 0.717) is 71.6 Å². The molecule has 0 saturated heterocycles. The molecule has 0 aliphatic carbocycles. The van der Waals surface area contributed by atoms with E-state index in [0.717, 1.165) is 37.8 Å². The Bertz CT molecular complexity index is 1300. The molecule has 0 bridgehead atoms. The van der Waals surface area contributed by atoms with Crippen LogP contribution in [0.3, 0.4) is 0 Å². The number of carbonyl (C=O) groups is 1. The molecule has 0 radical (unpaired) electrons. The van der Waals surface area contributed by atoms with Crippen molar-refractivity contribution in [2.75, 3.05) is 45.3 Å². The molecule has 9 heteroatoms. The van der Waals surface area contributed by atoms with Crippen molar-refractivity contribution in [3.63, 3.8) is 0 Å². The maximum absolute atomic E-state index is 13.3. The molecule has 0 atom stereocenters. The van der Waals surface area contributed by atoms with Crippen LogP contribution in [0, 0.1) is 0 Å². The van der Waals surface area contributed by atoms with Crippen LogP contribution in [-0.2, 0) is 11.3 Å². The Morgan fingerprint density at radius 1 is 0.846 bits per heavy atom. The zero-order chi connectivity index (χ0) is 27.0. The molecule has 5 rings (SSSR count). The average molecular weight is 553 g/mol. The minimum Gasteiger partial charge on any atom is -0.496 e. The number of carbonyl (C=O) groups excluding carboxylic acids is 1. The lowest BCUT2D eigenvalue weighted by atomic mass is 10.1. The Morgan fingerprint density at radius 3 is 2.41 bits per heavy atom. The van der Waals surface area contributed by atoms with Gasteiger partial charge in [-0.1, -0.05) is 36.6 Å². The zero-order valence-electron chi connectivity index (χ0n) is 22.0. The van der Waals surface area contributed by atoms with E-state index in [2.05, 4.69) is 10.2 Å². The second-order valence-corrected chi connectivity index (χ2v) is 9.95. The van der Waals surface area contributed by atoms with E-state index in [4.69, 9.17) is 35.3 Å². The van der Waals surface area contributed by atoms with Gasteiger partial charge in [0.2, 0.25) is 5.91 Å². The van der Waals surface area contributed by atoms with E-state index < -0.39 is 0 Å². The van der Waals surface area contributed by atoms with Gasteiger partial charge in [0.1, 0.15) is 19.0 Å². The van der Waals surface area contributed by atoms with Crippen LogP contribution in [0.25, 0.3) is 0 Å². The van der Waals surface area contributed by atoms with Gasteiger partial charge in [0.15, 0.2) is 28.7 Å². The van der Waals surface area contributed by atoms with E-state index >= 15 is 0 Å². The largest absolute Gasteiger partial charge is 0.496 e. The number of para-hydroxylation sites is 2. The van der Waals surface area contributed by atoms with E-state index in [9.17, 15) is 4.79 Å². The van der Waals surface area contributed by atoms with Crippen LogP contribution in [-0.4, -0.2) is 50.8 Å². The highest BCUT2D eigenvalue weighted by Gasteiger charge is 2.21. The molecule has 206 valence electrons. The summed E-state index contributed by atoms with van der Waals surface area (Å²) in [6.45, 7) is 3.05. The topological polar surface area (TPSA) is 78.5 Å². The third-order valence-electron chi connectivity index (χ3n) is 6.62. The van der Waals surface area contributed by atoms with Gasteiger partial charge in [-0.25, -0.2) is 0 Å². The van der Waals surface area contributed by atoms with Gasteiger partial charge in [-0.15, -0.1) is 0 Å². The number of methoxy groups -OCH3 is 1. The number of halogens is 1. The lowest BCUT2D eigenvalue weighted by Crippen LogP contribution is -2.34. The summed E-state index contributed by atoms with van der Waals surface area (Å²) in [5, 5.41) is 3.50. The van der Waals surface area contributed by atoms with Crippen LogP contribution >= 0.6 is 11.6 Å². The normalized spacial score (nSPS) is 16.6. The van der Waals surface area contributed by atoms with E-state index in [1.54, 1.807) is 25.3 Å². The van der Waals surface area contributed by atoms with Crippen molar-refractivity contribution in [3.05, 3.63) is 65.2 Å². The number of benzene rings is 3. The predicted molar refractivity (Wildman–Crippen MR) is 150 cm³/mol. The fourth-order valence-corrected chi connectivity index (χ4v) is 4.88. The number of fused-ring (bicyclic) bond motifs is 3. The van der Waals surface area contributed by atoms with Crippen molar-refractivity contribution in [3.8, 4) is 34.5 Å². The van der Waals surface area contributed by atoms with Crippen LogP contribution in [0.15, 0.2) is 54.6 Å². The van der Waals surface area contributed by atoms with Crippen molar-refractivity contribution in [2.24, 2.45) is 0 Å². The number of nitrogens with one attached hydrogen (secondary N) is 1. The van der Waals surface area contributed by atoms with E-state index in [1.807, 2.05) is 36.4 Å². The molecule has 3 aromatic rings. The van der Waals surface area contributed by atoms with Crippen LogP contribution < -0.4 is 29.0 Å². The molecule has 2 heterocycles. The quantitative estimate of drug-likeness (QED) is 0.408. The average Bonchev–Trinajstić information content (AvgIpc) is 2.93. The lowest BCUT2D eigenvalue weighted by molar-refractivity contribution is -0.117. The lowest BCUT2D eigenvalue weighted by Gasteiger charge is -2.25. The standard InChI is InChI=1S/C30H33ClN2O6/c1-35-27-18-29-28(37-14-15-38-29)16-21(27)19-33-12-6-2-3-7-13-36-25-8-4-5-9-26(25)39-24-11-10-22(31)17-23(24)32-30(34)20-33/h4-5,8-11,16-18H,2-3,6-7,12-15,19-20H2,1H3,(H,32,34). The Morgan fingerprint density at radius 2 is 1.59 bits per heavy atom. The molecule has 0 spiro atoms. The van der Waals surface area contributed by atoms with Crippen LogP contribution in [0.1, 0.15) is 31.2 Å². The predicted octanol–water partition coefficient (Wildman–Crippen LogP) is 6.31. The number of amides is 1. The molecule has 1 N–H and O–H groups in total. The Balaban J connectivity index is 1.39. The van der Waals surface area contributed by atoms with Crippen molar-refractivity contribution >= 4 is 23.2 Å². The first-order chi connectivity index (χ1) is 19.1. The molecular weight excluding hydrogens is 520 g/mol. The molecule has 0 saturated carbocycles. The third-order valence-corrected chi connectivity index (χ3v) is 6.85. The first-order valence-electron chi connectivity index (χ1n) is 13.3. The fraction of sp³-hybridized carbons (Fsp3) is 0.367. The van der Waals surface area contributed by atoms with Gasteiger partial charge < -0.3 is 29.0 Å². The second-order valence-electron chi connectivity index (χ2n) is 9.52. The van der Waals surface area contributed by atoms with Crippen molar-refractivity contribution < 1.29 is 28.5 Å². The van der Waals surface area contributed by atoms with Crippen LogP contribution in [0.2, 0.25) is 5.02 Å². The fourth-order valence-electron chi connectivity index (χ4n) is 4.71. The highest BCUT2D eigenvalue weighted by atomic mass is 35.5. The second kappa shape index (κ2) is 13.0. The summed E-state index contributed by atoms with van der Waals surface area (Å²) < 4.78 is 29.4. The van der Waals surface area contributed by atoms with Gasteiger partial charge in [0, 0.05) is 23.2 Å². The van der Waals surface area contributed by atoms with E-state index in [1.165, 1.54) is 0 Å². The third kappa shape index (κ3) is 7.07. The minimum atomic E-state index is -0.171. The number of ether oxygens (including phenoxy) is 5. The molecule has 39 heavy (non-hydrogen) atoms. The summed E-state index contributed by atoms with van der Waals surface area (Å²) in [5.74, 6) is 3.62.